The SMILES string of the molecule is COc1ccc(NC(=O)CSc2nnc(C)n2-c2cccc(C)c2)cc1Cl. The topological polar surface area (TPSA) is 69.0 Å². The van der Waals surface area contributed by atoms with Crippen LogP contribution in [0.3, 0.4) is 0 Å². The van der Waals surface area contributed by atoms with Crippen LogP contribution in [0.2, 0.25) is 5.02 Å². The summed E-state index contributed by atoms with van der Waals surface area (Å²) in [7, 11) is 1.54. The van der Waals surface area contributed by atoms with Crippen molar-refractivity contribution in [2.45, 2.75) is 19.0 Å². The van der Waals surface area contributed by atoms with Gasteiger partial charge in [0.1, 0.15) is 11.6 Å². The van der Waals surface area contributed by atoms with Gasteiger partial charge in [0.25, 0.3) is 0 Å². The van der Waals surface area contributed by atoms with Crippen LogP contribution in [0.15, 0.2) is 47.6 Å². The van der Waals surface area contributed by atoms with E-state index in [1.54, 1.807) is 25.3 Å². The lowest BCUT2D eigenvalue weighted by molar-refractivity contribution is -0.113. The monoisotopic (exact) mass is 402 g/mol. The van der Waals surface area contributed by atoms with E-state index in [0.717, 1.165) is 17.1 Å². The molecule has 0 bridgehead atoms. The number of anilines is 1. The summed E-state index contributed by atoms with van der Waals surface area (Å²) in [6.07, 6.45) is 0. The van der Waals surface area contributed by atoms with E-state index in [2.05, 4.69) is 21.6 Å². The van der Waals surface area contributed by atoms with Crippen molar-refractivity contribution in [2.75, 3.05) is 18.2 Å². The first-order chi connectivity index (χ1) is 13.0. The number of rotatable bonds is 6. The maximum absolute atomic E-state index is 12.3. The first kappa shape index (κ1) is 19.3. The molecule has 0 atom stereocenters. The Balaban J connectivity index is 1.69. The van der Waals surface area contributed by atoms with E-state index in [-0.39, 0.29) is 11.7 Å². The number of carbonyl (C=O) groups excluding carboxylic acids is 1. The summed E-state index contributed by atoms with van der Waals surface area (Å²) in [5, 5.41) is 12.3. The average molecular weight is 403 g/mol. The molecule has 3 rings (SSSR count). The van der Waals surface area contributed by atoms with Gasteiger partial charge in [-0.05, 0) is 49.7 Å². The summed E-state index contributed by atoms with van der Waals surface area (Å²) < 4.78 is 7.05. The van der Waals surface area contributed by atoms with E-state index in [1.165, 1.54) is 11.8 Å². The van der Waals surface area contributed by atoms with Gasteiger partial charge in [-0.3, -0.25) is 9.36 Å². The Bertz CT molecular complexity index is 974. The van der Waals surface area contributed by atoms with Crippen molar-refractivity contribution < 1.29 is 9.53 Å². The number of aromatic nitrogens is 3. The van der Waals surface area contributed by atoms with Crippen molar-refractivity contribution in [2.24, 2.45) is 0 Å². The second-order valence-electron chi connectivity index (χ2n) is 5.89. The minimum absolute atomic E-state index is 0.155. The first-order valence-electron chi connectivity index (χ1n) is 8.23. The lowest BCUT2D eigenvalue weighted by Gasteiger charge is -2.10. The van der Waals surface area contributed by atoms with Crippen LogP contribution in [0.5, 0.6) is 5.75 Å². The van der Waals surface area contributed by atoms with Gasteiger partial charge in [-0.25, -0.2) is 0 Å². The number of ether oxygens (including phenoxy) is 1. The molecule has 0 saturated carbocycles. The number of methoxy groups -OCH3 is 1. The molecule has 0 spiro atoms. The number of aryl methyl sites for hydroxylation is 2. The Hall–Kier alpha value is -2.51. The molecule has 3 aromatic rings. The Kier molecular flexibility index (Phi) is 6.03. The highest BCUT2D eigenvalue weighted by molar-refractivity contribution is 7.99. The number of nitrogens with one attached hydrogen (secondary N) is 1. The fourth-order valence-corrected chi connectivity index (χ4v) is 3.63. The van der Waals surface area contributed by atoms with Crippen LogP contribution in [0.4, 0.5) is 5.69 Å². The maximum Gasteiger partial charge on any atom is 0.234 e. The predicted molar refractivity (Wildman–Crippen MR) is 108 cm³/mol. The summed E-state index contributed by atoms with van der Waals surface area (Å²) in [5.74, 6) is 1.38. The van der Waals surface area contributed by atoms with Crippen LogP contribution in [-0.2, 0) is 4.79 Å². The zero-order valence-electron chi connectivity index (χ0n) is 15.2. The molecule has 0 aliphatic carbocycles. The molecule has 0 unspecified atom stereocenters. The number of carbonyl (C=O) groups is 1. The molecular formula is C19H19ClN4O2S. The van der Waals surface area contributed by atoms with E-state index in [4.69, 9.17) is 16.3 Å². The molecule has 0 radical (unpaired) electrons. The normalized spacial score (nSPS) is 10.7. The van der Waals surface area contributed by atoms with Gasteiger partial charge in [-0.15, -0.1) is 10.2 Å². The minimum Gasteiger partial charge on any atom is -0.495 e. The highest BCUT2D eigenvalue weighted by Gasteiger charge is 2.14. The molecule has 27 heavy (non-hydrogen) atoms. The van der Waals surface area contributed by atoms with Gasteiger partial charge in [0.15, 0.2) is 5.16 Å². The van der Waals surface area contributed by atoms with Crippen LogP contribution in [0, 0.1) is 13.8 Å². The second kappa shape index (κ2) is 8.45. The van der Waals surface area contributed by atoms with Gasteiger partial charge < -0.3 is 10.1 Å². The van der Waals surface area contributed by atoms with Crippen molar-refractivity contribution in [3.63, 3.8) is 0 Å². The zero-order chi connectivity index (χ0) is 19.4. The summed E-state index contributed by atoms with van der Waals surface area (Å²) in [6, 6.07) is 13.2. The average Bonchev–Trinajstić information content (AvgIpc) is 3.01. The van der Waals surface area contributed by atoms with E-state index < -0.39 is 0 Å². The Morgan fingerprint density at radius 3 is 2.74 bits per heavy atom. The summed E-state index contributed by atoms with van der Waals surface area (Å²) in [4.78, 5) is 12.3. The number of amides is 1. The summed E-state index contributed by atoms with van der Waals surface area (Å²) in [5.41, 5.74) is 2.73. The quantitative estimate of drug-likeness (QED) is 0.623. The van der Waals surface area contributed by atoms with Crippen LogP contribution in [0.25, 0.3) is 5.69 Å². The smallest absolute Gasteiger partial charge is 0.234 e. The van der Waals surface area contributed by atoms with Gasteiger partial charge >= 0.3 is 0 Å². The molecule has 2 aromatic carbocycles. The molecule has 1 heterocycles. The molecular weight excluding hydrogens is 384 g/mol. The summed E-state index contributed by atoms with van der Waals surface area (Å²) in [6.45, 7) is 3.92. The molecule has 0 saturated heterocycles. The van der Waals surface area contributed by atoms with Gasteiger partial charge in [0.2, 0.25) is 5.91 Å². The van der Waals surface area contributed by atoms with Crippen LogP contribution < -0.4 is 10.1 Å². The van der Waals surface area contributed by atoms with Crippen molar-refractivity contribution in [3.8, 4) is 11.4 Å². The first-order valence-corrected chi connectivity index (χ1v) is 9.59. The number of hydrogen-bond acceptors (Lipinski definition) is 5. The molecule has 140 valence electrons. The van der Waals surface area contributed by atoms with E-state index in [9.17, 15) is 4.79 Å². The second-order valence-corrected chi connectivity index (χ2v) is 7.24. The molecule has 1 N–H and O–H groups in total. The van der Waals surface area contributed by atoms with Crippen molar-refractivity contribution in [3.05, 3.63) is 58.9 Å². The van der Waals surface area contributed by atoms with Gasteiger partial charge in [-0.1, -0.05) is 35.5 Å². The number of benzene rings is 2. The fraction of sp³-hybridized carbons (Fsp3) is 0.211. The van der Waals surface area contributed by atoms with Gasteiger partial charge in [-0.2, -0.15) is 0 Å². The molecule has 0 fully saturated rings. The molecule has 0 aliphatic heterocycles. The Labute approximate surface area is 166 Å². The number of thioether (sulfide) groups is 1. The third-order valence-electron chi connectivity index (χ3n) is 3.82. The molecule has 1 amide bonds. The summed E-state index contributed by atoms with van der Waals surface area (Å²) >= 11 is 7.41. The van der Waals surface area contributed by atoms with Crippen LogP contribution in [-0.4, -0.2) is 33.5 Å². The molecule has 0 aliphatic rings. The predicted octanol–water partition coefficient (Wildman–Crippen LogP) is 4.28. The third kappa shape index (κ3) is 4.61. The molecule has 1 aromatic heterocycles. The van der Waals surface area contributed by atoms with Crippen LogP contribution >= 0.6 is 23.4 Å². The standard InChI is InChI=1S/C19H19ClN4O2S/c1-12-5-4-6-15(9-12)24-13(2)22-23-19(24)27-11-18(25)21-14-7-8-17(26-3)16(20)10-14/h4-10H,11H2,1-3H3,(H,21,25). The lowest BCUT2D eigenvalue weighted by atomic mass is 10.2. The molecule has 6 nitrogen and oxygen atoms in total. The van der Waals surface area contributed by atoms with E-state index in [1.807, 2.05) is 36.6 Å². The van der Waals surface area contributed by atoms with Crippen molar-refractivity contribution in [1.29, 1.82) is 0 Å². The third-order valence-corrected chi connectivity index (χ3v) is 5.05. The number of halogens is 1. The van der Waals surface area contributed by atoms with Crippen LogP contribution in [0.1, 0.15) is 11.4 Å². The minimum atomic E-state index is -0.155. The fourth-order valence-electron chi connectivity index (χ4n) is 2.57. The largest absolute Gasteiger partial charge is 0.495 e. The Morgan fingerprint density at radius 2 is 2.04 bits per heavy atom. The highest BCUT2D eigenvalue weighted by atomic mass is 35.5. The highest BCUT2D eigenvalue weighted by Crippen LogP contribution is 2.27. The van der Waals surface area contributed by atoms with E-state index >= 15 is 0 Å². The molecule has 8 heteroatoms. The van der Waals surface area contributed by atoms with E-state index in [0.29, 0.717) is 21.6 Å². The maximum atomic E-state index is 12.3. The van der Waals surface area contributed by atoms with Crippen molar-refractivity contribution in [1.82, 2.24) is 14.8 Å². The Morgan fingerprint density at radius 1 is 1.22 bits per heavy atom. The van der Waals surface area contributed by atoms with Gasteiger partial charge in [0, 0.05) is 11.4 Å². The number of hydrogen-bond donors (Lipinski definition) is 1. The van der Waals surface area contributed by atoms with Crippen molar-refractivity contribution >= 4 is 35.0 Å². The lowest BCUT2D eigenvalue weighted by Crippen LogP contribution is -2.14. The number of nitrogens with zero attached hydrogens (tertiary/aromatic N) is 3. The zero-order valence-corrected chi connectivity index (χ0v) is 16.8. The van der Waals surface area contributed by atoms with Gasteiger partial charge in [0.05, 0.1) is 17.9 Å².